The van der Waals surface area contributed by atoms with Gasteiger partial charge in [-0.15, -0.1) is 0 Å². The Morgan fingerprint density at radius 1 is 1.18 bits per heavy atom. The quantitative estimate of drug-likeness (QED) is 0.237. The zero-order chi connectivity index (χ0) is 26.8. The third-order valence-electron chi connectivity index (χ3n) is 6.78. The van der Waals surface area contributed by atoms with Gasteiger partial charge in [-0.1, -0.05) is 23.8 Å². The normalized spacial score (nSPS) is 15.2. The van der Waals surface area contributed by atoms with Crippen LogP contribution in [0.2, 0.25) is 5.02 Å². The summed E-state index contributed by atoms with van der Waals surface area (Å²) in [6.07, 6.45) is 5.00. The number of aryl methyl sites for hydroxylation is 1. The summed E-state index contributed by atoms with van der Waals surface area (Å²) in [7, 11) is 2.90. The lowest BCUT2D eigenvalue weighted by molar-refractivity contribution is 0.0488. The summed E-state index contributed by atoms with van der Waals surface area (Å²) in [5.41, 5.74) is 4.05. The number of rotatable bonds is 7. The largest absolute Gasteiger partial charge is 0.509 e. The van der Waals surface area contributed by atoms with Gasteiger partial charge in [0, 0.05) is 29.6 Å². The summed E-state index contributed by atoms with van der Waals surface area (Å²) < 4.78 is 17.4. The van der Waals surface area contributed by atoms with Crippen LogP contribution in [-0.4, -0.2) is 67.4 Å². The molecule has 2 aromatic heterocycles. The van der Waals surface area contributed by atoms with Crippen LogP contribution in [0, 0.1) is 6.92 Å². The molecule has 1 atom stereocenters. The van der Waals surface area contributed by atoms with Gasteiger partial charge in [0.2, 0.25) is 0 Å². The number of likely N-dealkylation sites (tertiary alicyclic amines) is 1. The van der Waals surface area contributed by atoms with Gasteiger partial charge in [0.1, 0.15) is 16.6 Å². The summed E-state index contributed by atoms with van der Waals surface area (Å²) in [5, 5.41) is 9.22. The van der Waals surface area contributed by atoms with E-state index in [1.807, 2.05) is 41.8 Å². The van der Waals surface area contributed by atoms with Gasteiger partial charge in [-0.05, 0) is 55.7 Å². The summed E-state index contributed by atoms with van der Waals surface area (Å²) in [4.78, 5) is 21.1. The van der Waals surface area contributed by atoms with Crippen LogP contribution < -0.4 is 4.74 Å². The molecule has 0 aliphatic carbocycles. The van der Waals surface area contributed by atoms with E-state index in [1.165, 1.54) is 7.11 Å². The lowest BCUT2D eigenvalue weighted by Crippen LogP contribution is -2.37. The van der Waals surface area contributed by atoms with Gasteiger partial charge in [0.05, 0.1) is 43.3 Å². The Morgan fingerprint density at radius 2 is 1.97 bits per heavy atom. The van der Waals surface area contributed by atoms with E-state index in [0.29, 0.717) is 22.2 Å². The van der Waals surface area contributed by atoms with Crippen LogP contribution in [0.15, 0.2) is 42.7 Å². The second-order valence-electron chi connectivity index (χ2n) is 8.92. The third kappa shape index (κ3) is 4.91. The first-order valence-electron chi connectivity index (χ1n) is 12.1. The van der Waals surface area contributed by atoms with Crippen molar-refractivity contribution in [1.82, 2.24) is 29.4 Å². The van der Waals surface area contributed by atoms with E-state index >= 15 is 0 Å². The molecule has 38 heavy (non-hydrogen) atoms. The molecule has 0 amide bonds. The van der Waals surface area contributed by atoms with Crippen molar-refractivity contribution in [1.29, 1.82) is 0 Å². The predicted molar refractivity (Wildman–Crippen MR) is 146 cm³/mol. The Kier molecular flexibility index (Phi) is 7.48. The van der Waals surface area contributed by atoms with Gasteiger partial charge in [-0.3, -0.25) is 4.57 Å². The van der Waals surface area contributed by atoms with E-state index in [9.17, 15) is 4.79 Å². The first kappa shape index (κ1) is 25.9. The van der Waals surface area contributed by atoms with E-state index in [-0.39, 0.29) is 12.8 Å². The Balaban J connectivity index is 1.49. The average molecular weight is 555 g/mol. The second-order valence-corrected chi connectivity index (χ2v) is 9.72. The molecule has 0 saturated carbocycles. The van der Waals surface area contributed by atoms with E-state index < -0.39 is 6.16 Å². The van der Waals surface area contributed by atoms with Gasteiger partial charge in [0.15, 0.2) is 6.73 Å². The number of carbonyl (C=O) groups excluding carboxylic acids is 1. The zero-order valence-corrected chi connectivity index (χ0v) is 22.8. The minimum atomic E-state index is -0.765. The first-order valence-corrected chi connectivity index (χ1v) is 12.9. The van der Waals surface area contributed by atoms with Crippen molar-refractivity contribution in [2.24, 2.45) is 0 Å². The Labute approximate surface area is 230 Å². The number of hydrogen-bond donors (Lipinski definition) is 0. The lowest BCUT2D eigenvalue weighted by Gasteiger charge is -2.28. The zero-order valence-electron chi connectivity index (χ0n) is 21.3. The summed E-state index contributed by atoms with van der Waals surface area (Å²) in [6, 6.07) is 9.47. The number of fused-ring (bicyclic) bond motifs is 1. The maximum Gasteiger partial charge on any atom is 0.509 e. The lowest BCUT2D eigenvalue weighted by atomic mass is 10.1. The smallest absolute Gasteiger partial charge is 0.497 e. The van der Waals surface area contributed by atoms with Gasteiger partial charge >= 0.3 is 6.16 Å². The third-order valence-corrected chi connectivity index (χ3v) is 7.64. The van der Waals surface area contributed by atoms with Gasteiger partial charge in [-0.2, -0.15) is 15.0 Å². The molecule has 0 bridgehead atoms. The number of ether oxygens (including phenoxy) is 3. The molecule has 0 N–H and O–H groups in total. The molecule has 4 aromatic rings. The number of carbonyl (C=O) groups is 1. The summed E-state index contributed by atoms with van der Waals surface area (Å²) in [5.74, 6) is 1.47. The standard InChI is InChI=1S/C26H27ClN6O4S/c1-16-20(27)7-8-21-24(16)32(15-37-26(34)36-3)23(30-21)13-17-5-4-12-31(17)25(38)19-14-18(35-2)6-9-22(19)33-28-10-11-29-33/h6-11,14,17H,4-5,12-13,15H2,1-3H3/t17-/m1/s1. The fourth-order valence-corrected chi connectivity index (χ4v) is 5.46. The molecule has 1 fully saturated rings. The van der Waals surface area contributed by atoms with Crippen molar-refractivity contribution in [3.05, 3.63) is 64.7 Å². The minimum absolute atomic E-state index is 0.0398. The number of nitrogens with zero attached hydrogens (tertiary/aromatic N) is 6. The molecule has 12 heteroatoms. The highest BCUT2D eigenvalue weighted by molar-refractivity contribution is 7.80. The molecule has 3 heterocycles. The molecule has 1 aliphatic heterocycles. The van der Waals surface area contributed by atoms with Gasteiger partial charge in [-0.25, -0.2) is 9.78 Å². The number of methoxy groups -OCH3 is 2. The molecule has 10 nitrogen and oxygen atoms in total. The Morgan fingerprint density at radius 3 is 2.71 bits per heavy atom. The van der Waals surface area contributed by atoms with E-state index in [2.05, 4.69) is 19.8 Å². The molecular weight excluding hydrogens is 528 g/mol. The highest BCUT2D eigenvalue weighted by Gasteiger charge is 2.31. The number of hydrogen-bond acceptors (Lipinski definition) is 8. The maximum absolute atomic E-state index is 11.8. The van der Waals surface area contributed by atoms with Crippen LogP contribution in [-0.2, 0) is 22.6 Å². The topological polar surface area (TPSA) is 96.5 Å². The number of halogens is 1. The van der Waals surface area contributed by atoms with Crippen molar-refractivity contribution < 1.29 is 19.0 Å². The Bertz CT molecular complexity index is 1490. The van der Waals surface area contributed by atoms with Crippen molar-refractivity contribution in [2.45, 2.75) is 39.0 Å². The summed E-state index contributed by atoms with van der Waals surface area (Å²) >= 11 is 12.5. The molecule has 0 unspecified atom stereocenters. The van der Waals surface area contributed by atoms with Gasteiger partial charge in [0.25, 0.3) is 0 Å². The van der Waals surface area contributed by atoms with E-state index in [0.717, 1.165) is 53.1 Å². The number of thiocarbonyl (C=S) groups is 1. The number of aromatic nitrogens is 5. The van der Waals surface area contributed by atoms with Crippen molar-refractivity contribution >= 4 is 46.0 Å². The second kappa shape index (κ2) is 11.0. The molecule has 1 aliphatic rings. The number of imidazole rings is 1. The fraction of sp³-hybridized carbons (Fsp3) is 0.346. The highest BCUT2D eigenvalue weighted by Crippen LogP contribution is 2.31. The monoisotopic (exact) mass is 554 g/mol. The van der Waals surface area contributed by atoms with Crippen molar-refractivity contribution in [3.63, 3.8) is 0 Å². The van der Waals surface area contributed by atoms with Gasteiger partial charge < -0.3 is 19.1 Å². The minimum Gasteiger partial charge on any atom is -0.497 e. The molecule has 0 spiro atoms. The van der Waals surface area contributed by atoms with Crippen LogP contribution in [0.1, 0.15) is 29.8 Å². The van der Waals surface area contributed by atoms with Crippen LogP contribution in [0.4, 0.5) is 4.79 Å². The molecule has 1 saturated heterocycles. The molecule has 5 rings (SSSR count). The maximum atomic E-state index is 11.8. The van der Waals surface area contributed by atoms with E-state index in [1.54, 1.807) is 24.3 Å². The van der Waals surface area contributed by atoms with Crippen LogP contribution in [0.25, 0.3) is 16.7 Å². The van der Waals surface area contributed by atoms with Crippen LogP contribution >= 0.6 is 23.8 Å². The highest BCUT2D eigenvalue weighted by atomic mass is 35.5. The van der Waals surface area contributed by atoms with Crippen molar-refractivity contribution in [3.8, 4) is 11.4 Å². The summed E-state index contributed by atoms with van der Waals surface area (Å²) in [6.45, 7) is 2.69. The van der Waals surface area contributed by atoms with E-state index in [4.69, 9.17) is 38.3 Å². The fourth-order valence-electron chi connectivity index (χ4n) is 4.90. The van der Waals surface area contributed by atoms with Crippen LogP contribution in [0.3, 0.4) is 0 Å². The first-order chi connectivity index (χ1) is 18.4. The average Bonchev–Trinajstić information content (AvgIpc) is 3.69. The number of benzene rings is 2. The molecule has 0 radical (unpaired) electrons. The Hall–Kier alpha value is -3.70. The molecule has 2 aromatic carbocycles. The predicted octanol–water partition coefficient (Wildman–Crippen LogP) is 4.71. The van der Waals surface area contributed by atoms with Crippen molar-refractivity contribution in [2.75, 3.05) is 20.8 Å². The van der Waals surface area contributed by atoms with Crippen LogP contribution in [0.5, 0.6) is 5.75 Å². The molecule has 198 valence electrons. The SMILES string of the molecule is COC(=O)OCn1c(C[C@H]2CCCN2C(=S)c2cc(OC)ccc2-n2nccn2)nc2ccc(Cl)c(C)c21. The molecular formula is C26H27ClN6O4S.